The molecular weight excluding hydrogens is 408 g/mol. The summed E-state index contributed by atoms with van der Waals surface area (Å²) < 4.78 is 12.4. The number of rotatable bonds is 7. The van der Waals surface area contributed by atoms with Crippen molar-refractivity contribution in [1.29, 1.82) is 0 Å². The maximum absolute atomic E-state index is 9.95. The Bertz CT molecular complexity index is 935. The van der Waals surface area contributed by atoms with Crippen LogP contribution in [0.5, 0.6) is 5.75 Å². The van der Waals surface area contributed by atoms with Crippen LogP contribution >= 0.6 is 0 Å². The number of ether oxygens (including phenoxy) is 2. The van der Waals surface area contributed by atoms with Crippen LogP contribution in [0.2, 0.25) is 0 Å². The van der Waals surface area contributed by atoms with Crippen molar-refractivity contribution in [2.24, 2.45) is 17.3 Å². The van der Waals surface area contributed by atoms with Crippen LogP contribution in [0.4, 0.5) is 0 Å². The zero-order valence-corrected chi connectivity index (χ0v) is 21.3. The fourth-order valence-electron chi connectivity index (χ4n) is 7.20. The first-order valence-electron chi connectivity index (χ1n) is 12.7. The zero-order valence-electron chi connectivity index (χ0n) is 21.3. The Labute approximate surface area is 200 Å². The first kappa shape index (κ1) is 24.3. The van der Waals surface area contributed by atoms with Gasteiger partial charge in [-0.3, -0.25) is 0 Å². The third kappa shape index (κ3) is 4.59. The summed E-state index contributed by atoms with van der Waals surface area (Å²) in [5.41, 5.74) is 4.50. The van der Waals surface area contributed by atoms with Crippen molar-refractivity contribution in [1.82, 2.24) is 0 Å². The largest absolute Gasteiger partial charge is 0.497 e. The summed E-state index contributed by atoms with van der Waals surface area (Å²) >= 11 is 0. The molecule has 0 radical (unpaired) electrons. The van der Waals surface area contributed by atoms with Crippen LogP contribution in [-0.4, -0.2) is 24.4 Å². The molecule has 1 saturated carbocycles. The molecule has 2 unspecified atom stereocenters. The molecule has 0 heterocycles. The van der Waals surface area contributed by atoms with Crippen molar-refractivity contribution >= 4 is 0 Å². The summed E-state index contributed by atoms with van der Waals surface area (Å²) in [5, 5.41) is 9.95. The molecule has 3 nitrogen and oxygen atoms in total. The van der Waals surface area contributed by atoms with Crippen LogP contribution in [0, 0.1) is 17.3 Å². The van der Waals surface area contributed by atoms with Gasteiger partial charge in [-0.05, 0) is 97.4 Å². The average molecular weight is 451 g/mol. The SMILES string of the molecule is COc1ccc2c(c1)C1(C)CC[C@H]([C@@H](O[C@H](C)C[C@@H](C)O)c3ccccc3)C(C)(C)C1CC2. The van der Waals surface area contributed by atoms with E-state index in [1.165, 1.54) is 23.1 Å². The predicted octanol–water partition coefficient (Wildman–Crippen LogP) is 6.87. The Kier molecular flexibility index (Phi) is 6.94. The average Bonchev–Trinajstić information content (AvgIpc) is 2.77. The van der Waals surface area contributed by atoms with Gasteiger partial charge in [0.2, 0.25) is 0 Å². The van der Waals surface area contributed by atoms with Crippen LogP contribution in [-0.2, 0) is 16.6 Å². The standard InChI is InChI=1S/C30H42O3/c1-20(31)18-21(2)33-28(23-10-8-7-9-11-23)25-16-17-30(5)26-19-24(32-6)14-12-22(26)13-15-27(30)29(25,3)4/h7-12,14,19-21,25,27-28,31H,13,15-18H2,1-6H3/t20-,21-,25-,27?,28+,30?/m1/s1. The summed E-state index contributed by atoms with van der Waals surface area (Å²) in [6.07, 6.45) is 4.96. The van der Waals surface area contributed by atoms with Gasteiger partial charge >= 0.3 is 0 Å². The minimum atomic E-state index is -0.357. The molecule has 0 saturated heterocycles. The van der Waals surface area contributed by atoms with Crippen LogP contribution in [0.15, 0.2) is 48.5 Å². The number of hydrogen-bond acceptors (Lipinski definition) is 3. The monoisotopic (exact) mass is 450 g/mol. The Hall–Kier alpha value is -1.84. The highest BCUT2D eigenvalue weighted by molar-refractivity contribution is 5.44. The van der Waals surface area contributed by atoms with E-state index in [2.05, 4.69) is 76.2 Å². The van der Waals surface area contributed by atoms with Gasteiger partial charge in [-0.1, -0.05) is 57.2 Å². The molecule has 1 fully saturated rings. The second-order valence-electron chi connectivity index (χ2n) is 11.4. The highest BCUT2D eigenvalue weighted by atomic mass is 16.5. The maximum atomic E-state index is 9.95. The van der Waals surface area contributed by atoms with E-state index < -0.39 is 0 Å². The third-order valence-corrected chi connectivity index (χ3v) is 8.78. The van der Waals surface area contributed by atoms with Gasteiger partial charge in [0.25, 0.3) is 0 Å². The number of aliphatic hydroxyl groups is 1. The molecule has 3 heteroatoms. The van der Waals surface area contributed by atoms with Crippen LogP contribution < -0.4 is 4.74 Å². The van der Waals surface area contributed by atoms with Gasteiger partial charge in [-0.15, -0.1) is 0 Å². The van der Waals surface area contributed by atoms with Gasteiger partial charge < -0.3 is 14.6 Å². The molecule has 2 aliphatic carbocycles. The molecule has 2 aromatic rings. The van der Waals surface area contributed by atoms with E-state index in [-0.39, 0.29) is 29.1 Å². The molecule has 6 atom stereocenters. The molecule has 180 valence electrons. The van der Waals surface area contributed by atoms with Crippen LogP contribution in [0.1, 0.15) is 83.1 Å². The Morgan fingerprint density at radius 1 is 1.03 bits per heavy atom. The van der Waals surface area contributed by atoms with Crippen molar-refractivity contribution < 1.29 is 14.6 Å². The van der Waals surface area contributed by atoms with Gasteiger partial charge in [0, 0.05) is 0 Å². The van der Waals surface area contributed by atoms with Crippen molar-refractivity contribution in [3.8, 4) is 5.75 Å². The number of aliphatic hydroxyl groups excluding tert-OH is 1. The van der Waals surface area contributed by atoms with Gasteiger partial charge in [-0.25, -0.2) is 0 Å². The van der Waals surface area contributed by atoms with Gasteiger partial charge in [0.1, 0.15) is 5.75 Å². The Balaban J connectivity index is 1.69. The highest BCUT2D eigenvalue weighted by Gasteiger charge is 2.55. The highest BCUT2D eigenvalue weighted by Crippen LogP contribution is 2.62. The molecule has 0 amide bonds. The number of hydrogen-bond donors (Lipinski definition) is 1. The summed E-state index contributed by atoms with van der Waals surface area (Å²) in [6.45, 7) is 11.4. The fraction of sp³-hybridized carbons (Fsp3) is 0.600. The van der Waals surface area contributed by atoms with E-state index in [1.54, 1.807) is 7.11 Å². The lowest BCUT2D eigenvalue weighted by atomic mass is 9.46. The van der Waals surface area contributed by atoms with Gasteiger partial charge in [-0.2, -0.15) is 0 Å². The summed E-state index contributed by atoms with van der Waals surface area (Å²) in [6, 6.07) is 17.4. The number of methoxy groups -OCH3 is 1. The molecule has 0 aromatic heterocycles. The van der Waals surface area contributed by atoms with Crippen molar-refractivity contribution in [3.63, 3.8) is 0 Å². The van der Waals surface area contributed by atoms with E-state index in [9.17, 15) is 5.11 Å². The van der Waals surface area contributed by atoms with Gasteiger partial charge in [0.15, 0.2) is 0 Å². The molecule has 0 spiro atoms. The minimum Gasteiger partial charge on any atom is -0.497 e. The van der Waals surface area contributed by atoms with E-state index >= 15 is 0 Å². The minimum absolute atomic E-state index is 0.00987. The molecule has 0 bridgehead atoms. The van der Waals surface area contributed by atoms with Crippen molar-refractivity contribution in [2.75, 3.05) is 7.11 Å². The number of aryl methyl sites for hydroxylation is 1. The smallest absolute Gasteiger partial charge is 0.119 e. The fourth-order valence-corrected chi connectivity index (χ4v) is 7.20. The third-order valence-electron chi connectivity index (χ3n) is 8.78. The first-order chi connectivity index (χ1) is 15.7. The molecule has 2 aliphatic rings. The Morgan fingerprint density at radius 2 is 1.76 bits per heavy atom. The summed E-state index contributed by atoms with van der Waals surface area (Å²) in [5.74, 6) is 1.96. The van der Waals surface area contributed by atoms with Gasteiger partial charge in [0.05, 0.1) is 25.4 Å². The lowest BCUT2D eigenvalue weighted by molar-refractivity contribution is -0.123. The molecule has 0 aliphatic heterocycles. The number of fused-ring (bicyclic) bond motifs is 3. The van der Waals surface area contributed by atoms with E-state index in [0.29, 0.717) is 18.3 Å². The lowest BCUT2D eigenvalue weighted by Crippen LogP contribution is -2.53. The van der Waals surface area contributed by atoms with Crippen molar-refractivity contribution in [3.05, 3.63) is 65.2 Å². The van der Waals surface area contributed by atoms with Crippen molar-refractivity contribution in [2.45, 2.75) is 90.4 Å². The molecule has 4 rings (SSSR count). The molecule has 2 aromatic carbocycles. The second-order valence-corrected chi connectivity index (χ2v) is 11.4. The van der Waals surface area contributed by atoms with E-state index in [4.69, 9.17) is 9.47 Å². The van der Waals surface area contributed by atoms with E-state index in [0.717, 1.165) is 25.0 Å². The second kappa shape index (κ2) is 9.43. The quantitative estimate of drug-likeness (QED) is 0.500. The normalized spacial score (nSPS) is 28.8. The molecular formula is C30H42O3. The summed E-state index contributed by atoms with van der Waals surface area (Å²) in [7, 11) is 1.77. The predicted molar refractivity (Wildman–Crippen MR) is 135 cm³/mol. The van der Waals surface area contributed by atoms with Crippen LogP contribution in [0.25, 0.3) is 0 Å². The zero-order chi connectivity index (χ0) is 23.8. The first-order valence-corrected chi connectivity index (χ1v) is 12.7. The molecule has 33 heavy (non-hydrogen) atoms. The molecule has 1 N–H and O–H groups in total. The summed E-state index contributed by atoms with van der Waals surface area (Å²) in [4.78, 5) is 0. The lowest BCUT2D eigenvalue weighted by Gasteiger charge is -2.59. The van der Waals surface area contributed by atoms with Crippen LogP contribution in [0.3, 0.4) is 0 Å². The Morgan fingerprint density at radius 3 is 2.42 bits per heavy atom. The topological polar surface area (TPSA) is 38.7 Å². The van der Waals surface area contributed by atoms with E-state index in [1.807, 2.05) is 6.92 Å². The number of benzene rings is 2. The maximum Gasteiger partial charge on any atom is 0.119 e.